The largest absolute Gasteiger partial charge is 0.476 e. The molecule has 1 aliphatic rings. The lowest BCUT2D eigenvalue weighted by molar-refractivity contribution is -0.132. The molecule has 7 heteroatoms. The van der Waals surface area contributed by atoms with E-state index in [9.17, 15) is 14.7 Å². The van der Waals surface area contributed by atoms with E-state index in [1.807, 2.05) is 30.3 Å². The van der Waals surface area contributed by atoms with Gasteiger partial charge in [0.25, 0.3) is 0 Å². The SMILES string of the molecule is O=C(O)c1nn(-c2ccccc2)c2c1CN(C(=O)CCCCl)CC2. The molecule has 2 heterocycles. The summed E-state index contributed by atoms with van der Waals surface area (Å²) in [6.07, 6.45) is 1.59. The van der Waals surface area contributed by atoms with E-state index in [0.29, 0.717) is 37.3 Å². The second-order valence-electron chi connectivity index (χ2n) is 5.68. The highest BCUT2D eigenvalue weighted by Crippen LogP contribution is 2.26. The summed E-state index contributed by atoms with van der Waals surface area (Å²) in [7, 11) is 0. The van der Waals surface area contributed by atoms with Crippen molar-refractivity contribution in [1.82, 2.24) is 14.7 Å². The maximum Gasteiger partial charge on any atom is 0.356 e. The van der Waals surface area contributed by atoms with E-state index < -0.39 is 5.97 Å². The Kier molecular flexibility index (Phi) is 4.85. The van der Waals surface area contributed by atoms with E-state index in [4.69, 9.17) is 11.6 Å². The molecule has 0 aliphatic carbocycles. The smallest absolute Gasteiger partial charge is 0.356 e. The van der Waals surface area contributed by atoms with Crippen molar-refractivity contribution in [2.75, 3.05) is 12.4 Å². The number of fused-ring (bicyclic) bond motifs is 1. The summed E-state index contributed by atoms with van der Waals surface area (Å²) in [5.41, 5.74) is 2.32. The number of nitrogens with zero attached hydrogens (tertiary/aromatic N) is 3. The minimum Gasteiger partial charge on any atom is -0.476 e. The third kappa shape index (κ3) is 3.14. The fourth-order valence-electron chi connectivity index (χ4n) is 2.96. The molecule has 24 heavy (non-hydrogen) atoms. The van der Waals surface area contributed by atoms with Crippen molar-refractivity contribution in [2.24, 2.45) is 0 Å². The molecule has 3 rings (SSSR count). The van der Waals surface area contributed by atoms with Gasteiger partial charge >= 0.3 is 5.97 Å². The molecule has 1 N–H and O–H groups in total. The molecule has 2 aromatic rings. The van der Waals surface area contributed by atoms with Gasteiger partial charge in [-0.15, -0.1) is 11.6 Å². The number of carbonyl (C=O) groups is 2. The van der Waals surface area contributed by atoms with Crippen LogP contribution in [0.3, 0.4) is 0 Å². The number of carbonyl (C=O) groups excluding carboxylic acids is 1. The van der Waals surface area contributed by atoms with Crippen molar-refractivity contribution in [3.63, 3.8) is 0 Å². The maximum absolute atomic E-state index is 12.2. The van der Waals surface area contributed by atoms with Gasteiger partial charge in [0.1, 0.15) is 0 Å². The van der Waals surface area contributed by atoms with Gasteiger partial charge in [0.2, 0.25) is 5.91 Å². The molecule has 0 bridgehead atoms. The first-order chi connectivity index (χ1) is 11.6. The van der Waals surface area contributed by atoms with E-state index in [1.165, 1.54) is 0 Å². The van der Waals surface area contributed by atoms with Gasteiger partial charge in [0.05, 0.1) is 11.4 Å². The van der Waals surface area contributed by atoms with E-state index in [0.717, 1.165) is 11.4 Å². The highest BCUT2D eigenvalue weighted by molar-refractivity contribution is 6.17. The van der Waals surface area contributed by atoms with Gasteiger partial charge in [-0.1, -0.05) is 18.2 Å². The summed E-state index contributed by atoms with van der Waals surface area (Å²) in [6, 6.07) is 9.44. The van der Waals surface area contributed by atoms with Crippen molar-refractivity contribution in [2.45, 2.75) is 25.8 Å². The molecule has 126 valence electrons. The van der Waals surface area contributed by atoms with Crippen LogP contribution in [0, 0.1) is 0 Å². The average molecular weight is 348 g/mol. The molecule has 0 unspecified atom stereocenters. The molecule has 1 aliphatic heterocycles. The lowest BCUT2D eigenvalue weighted by Gasteiger charge is -2.27. The Morgan fingerprint density at radius 2 is 2.00 bits per heavy atom. The summed E-state index contributed by atoms with van der Waals surface area (Å²) in [5.74, 6) is -0.627. The minimum atomic E-state index is -1.07. The van der Waals surface area contributed by atoms with E-state index in [2.05, 4.69) is 5.10 Å². The van der Waals surface area contributed by atoms with Gasteiger partial charge in [-0.05, 0) is 18.6 Å². The second kappa shape index (κ2) is 7.05. The number of aromatic carboxylic acids is 1. The summed E-state index contributed by atoms with van der Waals surface area (Å²) in [6.45, 7) is 0.844. The molecule has 0 fully saturated rings. The molecule has 0 saturated heterocycles. The van der Waals surface area contributed by atoms with Crippen molar-refractivity contribution < 1.29 is 14.7 Å². The van der Waals surface area contributed by atoms with Crippen molar-refractivity contribution in [1.29, 1.82) is 0 Å². The molecular weight excluding hydrogens is 330 g/mol. The van der Waals surface area contributed by atoms with Crippen LogP contribution in [0.25, 0.3) is 5.69 Å². The zero-order valence-electron chi connectivity index (χ0n) is 13.1. The normalized spacial score (nSPS) is 13.6. The monoisotopic (exact) mass is 347 g/mol. The van der Waals surface area contributed by atoms with Gasteiger partial charge in [-0.3, -0.25) is 4.79 Å². The number of carboxylic acid groups (broad SMARTS) is 1. The number of rotatable bonds is 5. The average Bonchev–Trinajstić information content (AvgIpc) is 2.99. The molecule has 0 saturated carbocycles. The Bertz CT molecular complexity index is 758. The molecule has 0 spiro atoms. The van der Waals surface area contributed by atoms with E-state index in [-0.39, 0.29) is 18.1 Å². The van der Waals surface area contributed by atoms with E-state index in [1.54, 1.807) is 9.58 Å². The summed E-state index contributed by atoms with van der Waals surface area (Å²) in [5, 5.41) is 13.7. The third-order valence-electron chi connectivity index (χ3n) is 4.14. The van der Waals surface area contributed by atoms with Gasteiger partial charge < -0.3 is 10.0 Å². The lowest BCUT2D eigenvalue weighted by Crippen LogP contribution is -2.36. The summed E-state index contributed by atoms with van der Waals surface area (Å²) >= 11 is 5.64. The predicted molar refractivity (Wildman–Crippen MR) is 89.6 cm³/mol. The number of halogens is 1. The van der Waals surface area contributed by atoms with Crippen molar-refractivity contribution in [3.8, 4) is 5.69 Å². The number of carboxylic acids is 1. The standard InChI is InChI=1S/C17H18ClN3O3/c18-9-4-7-15(22)20-10-8-14-13(11-20)16(17(23)24)19-21(14)12-5-2-1-3-6-12/h1-3,5-6H,4,7-11H2,(H,23,24). The fourth-order valence-corrected chi connectivity index (χ4v) is 3.10. The molecule has 1 aromatic heterocycles. The van der Waals surface area contributed by atoms with Crippen LogP contribution in [-0.4, -0.2) is 44.1 Å². The maximum atomic E-state index is 12.2. The summed E-state index contributed by atoms with van der Waals surface area (Å²) in [4.78, 5) is 25.5. The zero-order valence-corrected chi connectivity index (χ0v) is 13.9. The lowest BCUT2D eigenvalue weighted by atomic mass is 10.0. The van der Waals surface area contributed by atoms with Gasteiger partial charge in [-0.2, -0.15) is 5.10 Å². The predicted octanol–water partition coefficient (Wildman–Crippen LogP) is 2.47. The molecule has 6 nitrogen and oxygen atoms in total. The summed E-state index contributed by atoms with van der Waals surface area (Å²) < 4.78 is 1.68. The first kappa shape index (κ1) is 16.5. The Morgan fingerprint density at radius 1 is 1.25 bits per heavy atom. The minimum absolute atomic E-state index is 0.00472. The second-order valence-corrected chi connectivity index (χ2v) is 6.06. The van der Waals surface area contributed by atoms with Crippen LogP contribution < -0.4 is 0 Å². The first-order valence-electron chi connectivity index (χ1n) is 7.85. The Morgan fingerprint density at radius 3 is 2.67 bits per heavy atom. The number of para-hydroxylation sites is 1. The van der Waals surface area contributed by atoms with Crippen LogP contribution in [0.5, 0.6) is 0 Å². The first-order valence-corrected chi connectivity index (χ1v) is 8.38. The van der Waals surface area contributed by atoms with Crippen molar-refractivity contribution in [3.05, 3.63) is 47.3 Å². The van der Waals surface area contributed by atoms with Gasteiger partial charge in [0.15, 0.2) is 5.69 Å². The highest BCUT2D eigenvalue weighted by Gasteiger charge is 2.30. The quantitative estimate of drug-likeness (QED) is 0.843. The number of hydrogen-bond donors (Lipinski definition) is 1. The molecule has 1 amide bonds. The van der Waals surface area contributed by atoms with Gasteiger partial charge in [0, 0.05) is 37.4 Å². The van der Waals surface area contributed by atoms with Crippen LogP contribution in [0.15, 0.2) is 30.3 Å². The van der Waals surface area contributed by atoms with E-state index >= 15 is 0 Å². The number of hydrogen-bond acceptors (Lipinski definition) is 3. The van der Waals surface area contributed by atoms with Crippen LogP contribution in [0.1, 0.15) is 34.6 Å². The fraction of sp³-hybridized carbons (Fsp3) is 0.353. The molecule has 1 aromatic carbocycles. The Labute approximate surface area is 144 Å². The molecular formula is C17H18ClN3O3. The third-order valence-corrected chi connectivity index (χ3v) is 4.40. The van der Waals surface area contributed by atoms with Crippen LogP contribution in [-0.2, 0) is 17.8 Å². The number of aromatic nitrogens is 2. The van der Waals surface area contributed by atoms with Crippen molar-refractivity contribution >= 4 is 23.5 Å². The number of alkyl halides is 1. The zero-order chi connectivity index (χ0) is 17.1. The van der Waals surface area contributed by atoms with Crippen LogP contribution >= 0.6 is 11.6 Å². The molecule has 0 radical (unpaired) electrons. The Hall–Kier alpha value is -2.34. The van der Waals surface area contributed by atoms with Gasteiger partial charge in [-0.25, -0.2) is 9.48 Å². The topological polar surface area (TPSA) is 75.4 Å². The van der Waals surface area contributed by atoms with Crippen LogP contribution in [0.2, 0.25) is 0 Å². The molecule has 0 atom stereocenters. The Balaban J connectivity index is 1.94. The van der Waals surface area contributed by atoms with Crippen LogP contribution in [0.4, 0.5) is 0 Å². The number of amides is 1. The highest BCUT2D eigenvalue weighted by atomic mass is 35.5. The number of benzene rings is 1.